The summed E-state index contributed by atoms with van der Waals surface area (Å²) in [6.45, 7) is 19.0. The van der Waals surface area contributed by atoms with Gasteiger partial charge in [-0.2, -0.15) is 0 Å². The third-order valence-electron chi connectivity index (χ3n) is 5.79. The summed E-state index contributed by atoms with van der Waals surface area (Å²) in [6.07, 6.45) is 5.93. The molecule has 0 amide bonds. The van der Waals surface area contributed by atoms with Crippen LogP contribution in [0.5, 0.6) is 11.5 Å². The van der Waals surface area contributed by atoms with Crippen LogP contribution in [-0.4, -0.2) is 10.2 Å². The monoisotopic (exact) mass is 408 g/mol. The number of allylic oxidation sites excluding steroid dienone is 2. The fraction of sp³-hybridized carbons (Fsp3) is 0.500. The van der Waals surface area contributed by atoms with E-state index in [1.54, 1.807) is 0 Å². The van der Waals surface area contributed by atoms with Crippen LogP contribution < -0.4 is 0 Å². The molecule has 0 fully saturated rings. The molecule has 0 saturated carbocycles. The Balaban J connectivity index is 2.79. The van der Waals surface area contributed by atoms with Crippen molar-refractivity contribution in [1.82, 2.24) is 0 Å². The summed E-state index contributed by atoms with van der Waals surface area (Å²) in [4.78, 5) is 0. The average molecular weight is 409 g/mol. The highest BCUT2D eigenvalue weighted by Crippen LogP contribution is 2.46. The normalized spacial score (nSPS) is 12.9. The van der Waals surface area contributed by atoms with Crippen LogP contribution in [0.4, 0.5) is 0 Å². The van der Waals surface area contributed by atoms with Gasteiger partial charge in [-0.05, 0) is 55.6 Å². The Morgan fingerprint density at radius 2 is 1.17 bits per heavy atom. The molecule has 0 aliphatic heterocycles. The molecule has 164 valence electrons. The maximum atomic E-state index is 11.3. The lowest BCUT2D eigenvalue weighted by atomic mass is 9.77. The molecule has 30 heavy (non-hydrogen) atoms. The van der Waals surface area contributed by atoms with E-state index >= 15 is 0 Å². The van der Waals surface area contributed by atoms with Gasteiger partial charge in [0.25, 0.3) is 0 Å². The lowest BCUT2D eigenvalue weighted by Gasteiger charge is -2.29. The number of phenolic OH excluding ortho intramolecular Hbond substituents is 2. The molecule has 0 unspecified atom stereocenters. The van der Waals surface area contributed by atoms with Crippen LogP contribution in [-0.2, 0) is 10.8 Å². The third kappa shape index (κ3) is 5.28. The molecular weight excluding hydrogens is 368 g/mol. The summed E-state index contributed by atoms with van der Waals surface area (Å²) in [7, 11) is 0. The molecule has 0 radical (unpaired) electrons. The van der Waals surface area contributed by atoms with Gasteiger partial charge in [-0.15, -0.1) is 0 Å². The highest BCUT2D eigenvalue weighted by atomic mass is 16.3. The van der Waals surface area contributed by atoms with E-state index in [0.29, 0.717) is 11.5 Å². The first kappa shape index (κ1) is 24.1. The highest BCUT2D eigenvalue weighted by Gasteiger charge is 2.29. The molecular formula is C28H40O2. The Morgan fingerprint density at radius 3 is 1.50 bits per heavy atom. The summed E-state index contributed by atoms with van der Waals surface area (Å²) in [6, 6.07) is 8.34. The van der Waals surface area contributed by atoms with Gasteiger partial charge in [-0.3, -0.25) is 0 Å². The van der Waals surface area contributed by atoms with Crippen LogP contribution in [0.3, 0.4) is 0 Å². The first-order valence-corrected chi connectivity index (χ1v) is 11.1. The average Bonchev–Trinajstić information content (AvgIpc) is 2.61. The first-order chi connectivity index (χ1) is 13.8. The standard InChI is InChI=1S/C28H40O2/c1-10-11-12-13-20(21-14-18(2)16-23(25(21)29)27(4,5)6)22-15-19(3)17-24(26(22)30)28(7,8)9/h10-11,14-17,20,29-30H,12-13H2,1-9H3. The van der Waals surface area contributed by atoms with Crippen molar-refractivity contribution in [1.29, 1.82) is 0 Å². The highest BCUT2D eigenvalue weighted by molar-refractivity contribution is 5.56. The molecule has 0 aliphatic carbocycles. The fourth-order valence-electron chi connectivity index (χ4n) is 4.20. The molecule has 0 aromatic heterocycles. The van der Waals surface area contributed by atoms with E-state index in [1.165, 1.54) is 0 Å². The Bertz CT molecular complexity index is 852. The van der Waals surface area contributed by atoms with Crippen LogP contribution in [0.1, 0.15) is 101 Å². The zero-order valence-electron chi connectivity index (χ0n) is 20.4. The molecule has 0 aliphatic rings. The molecule has 0 atom stereocenters. The predicted molar refractivity (Wildman–Crippen MR) is 129 cm³/mol. The largest absolute Gasteiger partial charge is 0.507 e. The summed E-state index contributed by atoms with van der Waals surface area (Å²) in [5, 5.41) is 22.7. The molecule has 2 nitrogen and oxygen atoms in total. The van der Waals surface area contributed by atoms with Crippen molar-refractivity contribution in [2.45, 2.75) is 91.9 Å². The number of phenols is 2. The Labute approximate surface area is 183 Å². The fourth-order valence-corrected chi connectivity index (χ4v) is 4.20. The van der Waals surface area contributed by atoms with Gasteiger partial charge in [0.15, 0.2) is 0 Å². The van der Waals surface area contributed by atoms with Gasteiger partial charge in [0, 0.05) is 17.0 Å². The summed E-state index contributed by atoms with van der Waals surface area (Å²) in [5.41, 5.74) is 5.66. The van der Waals surface area contributed by atoms with Gasteiger partial charge >= 0.3 is 0 Å². The van der Waals surface area contributed by atoms with E-state index in [-0.39, 0.29) is 16.7 Å². The minimum Gasteiger partial charge on any atom is -0.507 e. The maximum Gasteiger partial charge on any atom is 0.123 e. The minimum atomic E-state index is -0.163. The van der Waals surface area contributed by atoms with Crippen molar-refractivity contribution in [2.75, 3.05) is 0 Å². The summed E-state index contributed by atoms with van der Waals surface area (Å²) >= 11 is 0. The van der Waals surface area contributed by atoms with Crippen LogP contribution in [0.2, 0.25) is 0 Å². The van der Waals surface area contributed by atoms with Gasteiger partial charge in [0.2, 0.25) is 0 Å². The molecule has 0 bridgehead atoms. The maximum absolute atomic E-state index is 11.3. The van der Waals surface area contributed by atoms with Gasteiger partial charge in [0.05, 0.1) is 0 Å². The van der Waals surface area contributed by atoms with E-state index in [2.05, 4.69) is 91.8 Å². The second-order valence-corrected chi connectivity index (χ2v) is 10.7. The smallest absolute Gasteiger partial charge is 0.123 e. The van der Waals surface area contributed by atoms with E-state index in [1.807, 2.05) is 6.92 Å². The van der Waals surface area contributed by atoms with Crippen LogP contribution in [0.25, 0.3) is 0 Å². The SMILES string of the molecule is CC=CCCC(c1cc(C)cc(C(C)(C)C)c1O)c1cc(C)cc(C(C)(C)C)c1O. The summed E-state index contributed by atoms with van der Waals surface area (Å²) < 4.78 is 0. The van der Waals surface area contributed by atoms with Gasteiger partial charge in [-0.1, -0.05) is 89.1 Å². The molecule has 0 saturated heterocycles. The van der Waals surface area contributed by atoms with Crippen LogP contribution in [0, 0.1) is 13.8 Å². The van der Waals surface area contributed by atoms with Crippen molar-refractivity contribution >= 4 is 0 Å². The van der Waals surface area contributed by atoms with E-state index in [0.717, 1.165) is 46.2 Å². The van der Waals surface area contributed by atoms with Crippen LogP contribution in [0.15, 0.2) is 36.4 Å². The molecule has 2 N–H and O–H groups in total. The Hall–Kier alpha value is -2.22. The predicted octanol–water partition coefficient (Wildman–Crippen LogP) is 7.80. The third-order valence-corrected chi connectivity index (χ3v) is 5.79. The van der Waals surface area contributed by atoms with Crippen molar-refractivity contribution in [3.05, 3.63) is 69.8 Å². The van der Waals surface area contributed by atoms with E-state index < -0.39 is 0 Å². The number of aromatic hydroxyl groups is 2. The van der Waals surface area contributed by atoms with Crippen molar-refractivity contribution in [3.8, 4) is 11.5 Å². The van der Waals surface area contributed by atoms with Gasteiger partial charge in [0.1, 0.15) is 11.5 Å². The summed E-state index contributed by atoms with van der Waals surface area (Å²) in [5.74, 6) is 0.636. The number of hydrogen-bond donors (Lipinski definition) is 2. The molecule has 2 rings (SSSR count). The number of hydrogen-bond acceptors (Lipinski definition) is 2. The molecule has 2 aromatic rings. The molecule has 0 spiro atoms. The Morgan fingerprint density at radius 1 is 0.767 bits per heavy atom. The lowest BCUT2D eigenvalue weighted by molar-refractivity contribution is 0.425. The molecule has 2 heteroatoms. The quantitative estimate of drug-likeness (QED) is 0.495. The Kier molecular flexibility index (Phi) is 7.12. The lowest BCUT2D eigenvalue weighted by Crippen LogP contribution is -2.15. The second kappa shape index (κ2) is 8.88. The first-order valence-electron chi connectivity index (χ1n) is 11.1. The van der Waals surface area contributed by atoms with Crippen LogP contribution >= 0.6 is 0 Å². The number of benzene rings is 2. The van der Waals surface area contributed by atoms with Gasteiger partial charge in [-0.25, -0.2) is 0 Å². The van der Waals surface area contributed by atoms with E-state index in [9.17, 15) is 10.2 Å². The molecule has 2 aromatic carbocycles. The topological polar surface area (TPSA) is 40.5 Å². The van der Waals surface area contributed by atoms with Crippen molar-refractivity contribution in [2.24, 2.45) is 0 Å². The zero-order valence-corrected chi connectivity index (χ0v) is 20.4. The van der Waals surface area contributed by atoms with Crippen molar-refractivity contribution < 1.29 is 10.2 Å². The number of rotatable bonds is 5. The van der Waals surface area contributed by atoms with Gasteiger partial charge < -0.3 is 10.2 Å². The van der Waals surface area contributed by atoms with E-state index in [4.69, 9.17) is 0 Å². The second-order valence-electron chi connectivity index (χ2n) is 10.7. The van der Waals surface area contributed by atoms with Crippen molar-refractivity contribution in [3.63, 3.8) is 0 Å². The number of aryl methyl sites for hydroxylation is 2. The minimum absolute atomic E-state index is 0.0804. The zero-order chi connectivity index (χ0) is 22.9. The molecule has 0 heterocycles.